The molecule has 1 N–H and O–H groups in total. The van der Waals surface area contributed by atoms with Gasteiger partial charge < -0.3 is 15.1 Å². The van der Waals surface area contributed by atoms with Crippen LogP contribution in [0.4, 0.5) is 18.9 Å². The largest absolute Gasteiger partial charge is 0.418 e. The van der Waals surface area contributed by atoms with Crippen LogP contribution in [0, 0.1) is 0 Å². The van der Waals surface area contributed by atoms with E-state index in [1.165, 1.54) is 23.1 Å². The number of amides is 3. The average Bonchev–Trinajstić information content (AvgIpc) is 3.14. The monoisotopic (exact) mass is 429 g/mol. The van der Waals surface area contributed by atoms with Crippen molar-refractivity contribution in [3.8, 4) is 0 Å². The van der Waals surface area contributed by atoms with Crippen molar-refractivity contribution in [1.29, 1.82) is 0 Å². The van der Waals surface area contributed by atoms with Crippen LogP contribution in [0.25, 0.3) is 0 Å². The number of nitrogens with one attached hydrogen (secondary N) is 1. The quantitative estimate of drug-likeness (QED) is 0.782. The van der Waals surface area contributed by atoms with Crippen LogP contribution in [0.5, 0.6) is 0 Å². The molecule has 1 aromatic rings. The number of carbonyl (C=O) groups excluding carboxylic acids is 3. The summed E-state index contributed by atoms with van der Waals surface area (Å²) in [5.74, 6) is -0.734. The van der Waals surface area contributed by atoms with E-state index in [4.69, 9.17) is 0 Å². The smallest absolute Gasteiger partial charge is 0.332 e. The fourth-order valence-corrected chi connectivity index (χ4v) is 5.19. The highest BCUT2D eigenvalue weighted by Crippen LogP contribution is 2.47. The Bertz CT molecular complexity index is 832. The highest BCUT2D eigenvalue weighted by molar-refractivity contribution is 8.01. The molecule has 2 heterocycles. The molecule has 0 aromatic heterocycles. The van der Waals surface area contributed by atoms with E-state index in [0.29, 0.717) is 18.6 Å². The molecule has 29 heavy (non-hydrogen) atoms. The van der Waals surface area contributed by atoms with Gasteiger partial charge in [0.15, 0.2) is 0 Å². The molecule has 0 spiro atoms. The van der Waals surface area contributed by atoms with Crippen LogP contribution in [-0.4, -0.2) is 57.3 Å². The third kappa shape index (κ3) is 4.22. The number of nitrogens with zero attached hydrogens (tertiary/aromatic N) is 2. The lowest BCUT2D eigenvalue weighted by molar-refractivity contribution is -0.144. The summed E-state index contributed by atoms with van der Waals surface area (Å²) in [7, 11) is 0. The summed E-state index contributed by atoms with van der Waals surface area (Å²) in [4.78, 5) is 40.1. The average molecular weight is 429 g/mol. The fourth-order valence-electron chi connectivity index (χ4n) is 3.76. The predicted molar refractivity (Wildman–Crippen MR) is 103 cm³/mol. The van der Waals surface area contributed by atoms with Crippen LogP contribution in [-0.2, 0) is 20.6 Å². The van der Waals surface area contributed by atoms with Crippen LogP contribution in [0.3, 0.4) is 0 Å². The van der Waals surface area contributed by atoms with Gasteiger partial charge in [-0.1, -0.05) is 12.1 Å². The zero-order chi connectivity index (χ0) is 21.4. The van der Waals surface area contributed by atoms with Crippen molar-refractivity contribution in [3.63, 3.8) is 0 Å². The Kier molecular flexibility index (Phi) is 5.84. The number of carbonyl (C=O) groups is 3. The van der Waals surface area contributed by atoms with Gasteiger partial charge in [-0.15, -0.1) is 11.8 Å². The molecular weight excluding hydrogens is 407 g/mol. The second-order valence-electron chi connectivity index (χ2n) is 7.21. The fraction of sp³-hybridized carbons (Fsp3) is 0.526. The van der Waals surface area contributed by atoms with Gasteiger partial charge in [0.1, 0.15) is 6.04 Å². The number of rotatable bonds is 5. The minimum atomic E-state index is -4.61. The van der Waals surface area contributed by atoms with Gasteiger partial charge in [0.25, 0.3) is 0 Å². The van der Waals surface area contributed by atoms with E-state index in [1.807, 2.05) is 6.92 Å². The van der Waals surface area contributed by atoms with Gasteiger partial charge in [0.05, 0.1) is 22.7 Å². The van der Waals surface area contributed by atoms with Gasteiger partial charge in [-0.05, 0) is 32.4 Å². The molecule has 6 nitrogen and oxygen atoms in total. The Morgan fingerprint density at radius 2 is 2.03 bits per heavy atom. The molecule has 10 heteroatoms. The maximum absolute atomic E-state index is 13.1. The standard InChI is InChI=1S/C19H22F3N3O3S/c1-3-24(17(28)14-11-29-18(2)9-8-16(27)25(14)18)10-15(26)23-13-7-5-4-6-12(13)19(20,21)22/h4-7,14H,3,8-11H2,1-2H3,(H,23,26)/t14-,18-/m0/s1. The first-order valence-electron chi connectivity index (χ1n) is 9.28. The number of benzene rings is 1. The molecule has 0 saturated carbocycles. The summed E-state index contributed by atoms with van der Waals surface area (Å²) in [6, 6.07) is 4.02. The van der Waals surface area contributed by atoms with Crippen LogP contribution < -0.4 is 5.32 Å². The van der Waals surface area contributed by atoms with E-state index in [2.05, 4.69) is 5.32 Å². The van der Waals surface area contributed by atoms with Crippen LogP contribution >= 0.6 is 11.8 Å². The van der Waals surface area contributed by atoms with Crippen molar-refractivity contribution < 1.29 is 27.6 Å². The minimum absolute atomic E-state index is 0.0875. The van der Waals surface area contributed by atoms with Gasteiger partial charge in [0, 0.05) is 18.7 Å². The van der Waals surface area contributed by atoms with Crippen LogP contribution in [0.15, 0.2) is 24.3 Å². The number of anilines is 1. The van der Waals surface area contributed by atoms with Crippen molar-refractivity contribution in [2.24, 2.45) is 0 Å². The van der Waals surface area contributed by atoms with E-state index < -0.39 is 28.6 Å². The SMILES string of the molecule is CCN(CC(=O)Nc1ccccc1C(F)(F)F)C(=O)[C@@H]1CS[C@@]2(C)CCC(=O)N12. The number of alkyl halides is 3. The number of thioether (sulfide) groups is 1. The van der Waals surface area contributed by atoms with Gasteiger partial charge in [-0.3, -0.25) is 14.4 Å². The van der Waals surface area contributed by atoms with Crippen LogP contribution in [0.2, 0.25) is 0 Å². The van der Waals surface area contributed by atoms with Crippen molar-refractivity contribution >= 4 is 35.2 Å². The second kappa shape index (κ2) is 7.89. The summed E-state index contributed by atoms with van der Waals surface area (Å²) < 4.78 is 39.3. The summed E-state index contributed by atoms with van der Waals surface area (Å²) in [5, 5.41) is 2.25. The van der Waals surface area contributed by atoms with E-state index in [1.54, 1.807) is 23.6 Å². The molecule has 2 aliphatic heterocycles. The van der Waals surface area contributed by atoms with Gasteiger partial charge in [-0.2, -0.15) is 13.2 Å². The first-order chi connectivity index (χ1) is 13.6. The summed E-state index contributed by atoms with van der Waals surface area (Å²) in [5.41, 5.74) is -1.31. The number of fused-ring (bicyclic) bond motifs is 1. The number of hydrogen-bond donors (Lipinski definition) is 1. The third-order valence-electron chi connectivity index (χ3n) is 5.26. The number of hydrogen-bond acceptors (Lipinski definition) is 4. The summed E-state index contributed by atoms with van der Waals surface area (Å²) in [6.07, 6.45) is -3.55. The molecule has 158 valence electrons. The Morgan fingerprint density at radius 3 is 2.69 bits per heavy atom. The Balaban J connectivity index is 1.70. The molecule has 2 saturated heterocycles. The number of likely N-dealkylation sites (N-methyl/N-ethyl adjacent to an activating group) is 1. The molecular formula is C19H22F3N3O3S. The first-order valence-corrected chi connectivity index (χ1v) is 10.3. The van der Waals surface area contributed by atoms with Crippen molar-refractivity contribution in [1.82, 2.24) is 9.80 Å². The molecule has 2 atom stereocenters. The van der Waals surface area contributed by atoms with E-state index in [-0.39, 0.29) is 30.6 Å². The van der Waals surface area contributed by atoms with Gasteiger partial charge in [0.2, 0.25) is 17.7 Å². The molecule has 0 bridgehead atoms. The second-order valence-corrected chi connectivity index (χ2v) is 8.71. The molecule has 3 rings (SSSR count). The highest BCUT2D eigenvalue weighted by Gasteiger charge is 2.53. The van der Waals surface area contributed by atoms with Crippen LogP contribution in [0.1, 0.15) is 32.3 Å². The lowest BCUT2D eigenvalue weighted by atomic mass is 10.1. The Labute approximate surface area is 170 Å². The predicted octanol–water partition coefficient (Wildman–Crippen LogP) is 2.95. The van der Waals surface area contributed by atoms with Gasteiger partial charge >= 0.3 is 6.18 Å². The van der Waals surface area contributed by atoms with Gasteiger partial charge in [-0.25, -0.2) is 0 Å². The normalized spacial score (nSPS) is 23.8. The molecule has 3 amide bonds. The van der Waals surface area contributed by atoms with Crippen molar-refractivity contribution in [3.05, 3.63) is 29.8 Å². The van der Waals surface area contributed by atoms with E-state index in [0.717, 1.165) is 6.07 Å². The highest BCUT2D eigenvalue weighted by atomic mass is 32.2. The minimum Gasteiger partial charge on any atom is -0.332 e. The maximum atomic E-state index is 13.1. The molecule has 0 radical (unpaired) electrons. The summed E-state index contributed by atoms with van der Waals surface area (Å²) >= 11 is 1.54. The maximum Gasteiger partial charge on any atom is 0.418 e. The number of halogens is 3. The topological polar surface area (TPSA) is 69.7 Å². The Morgan fingerprint density at radius 1 is 1.34 bits per heavy atom. The Hall–Kier alpha value is -2.23. The molecule has 0 unspecified atom stereocenters. The first kappa shape index (κ1) is 21.5. The lowest BCUT2D eigenvalue weighted by Crippen LogP contribution is -2.52. The van der Waals surface area contributed by atoms with Crippen molar-refractivity contribution in [2.45, 2.75) is 43.8 Å². The molecule has 1 aromatic carbocycles. The zero-order valence-corrected chi connectivity index (χ0v) is 16.9. The zero-order valence-electron chi connectivity index (χ0n) is 16.1. The summed E-state index contributed by atoms with van der Waals surface area (Å²) in [6.45, 7) is 3.42. The molecule has 0 aliphatic carbocycles. The molecule has 2 aliphatic rings. The lowest BCUT2D eigenvalue weighted by Gasteiger charge is -2.32. The van der Waals surface area contributed by atoms with E-state index >= 15 is 0 Å². The van der Waals surface area contributed by atoms with Crippen molar-refractivity contribution in [2.75, 3.05) is 24.2 Å². The molecule has 2 fully saturated rings. The third-order valence-corrected chi connectivity index (χ3v) is 6.77. The van der Waals surface area contributed by atoms with E-state index in [9.17, 15) is 27.6 Å². The number of para-hydroxylation sites is 1.